The average molecular weight is 795 g/mol. The third kappa shape index (κ3) is 6.20. The van der Waals surface area contributed by atoms with E-state index in [2.05, 4.69) is 117 Å². The zero-order valence-electron chi connectivity index (χ0n) is 27.9. The third-order valence-electron chi connectivity index (χ3n) is 8.51. The van der Waals surface area contributed by atoms with E-state index in [1.807, 2.05) is 49.5 Å². The number of furan rings is 1. The molecule has 1 aliphatic rings. The summed E-state index contributed by atoms with van der Waals surface area (Å²) in [6, 6.07) is 31.2. The minimum absolute atomic E-state index is 0. The molecule has 0 N–H and O–H groups in total. The Bertz CT molecular complexity index is 2270. The third-order valence-corrected chi connectivity index (χ3v) is 8.51. The number of imidazole rings is 1. The second-order valence-electron chi connectivity index (χ2n) is 14.0. The number of pyridine rings is 2. The number of hydrogen-bond donors (Lipinski definition) is 0. The summed E-state index contributed by atoms with van der Waals surface area (Å²) in [5.74, 6) is 0.992. The van der Waals surface area contributed by atoms with Crippen LogP contribution in [0.4, 0.5) is 0 Å². The van der Waals surface area contributed by atoms with E-state index in [0.29, 0.717) is 5.71 Å². The summed E-state index contributed by atoms with van der Waals surface area (Å²) < 4.78 is 8.42. The fraction of sp³-hybridized carbons (Fsp3) is 0.244. The van der Waals surface area contributed by atoms with Gasteiger partial charge in [-0.1, -0.05) is 61.6 Å². The van der Waals surface area contributed by atoms with Crippen LogP contribution in [0.1, 0.15) is 57.0 Å². The van der Waals surface area contributed by atoms with Crippen LogP contribution in [0, 0.1) is 31.4 Å². The van der Waals surface area contributed by atoms with Crippen molar-refractivity contribution in [2.45, 2.75) is 60.4 Å². The Kier molecular flexibility index (Phi) is 8.54. The maximum atomic E-state index is 6.08. The van der Waals surface area contributed by atoms with Gasteiger partial charge >= 0.3 is 0 Å². The molecule has 239 valence electrons. The summed E-state index contributed by atoms with van der Waals surface area (Å²) >= 11 is 0. The second kappa shape index (κ2) is 12.3. The zero-order chi connectivity index (χ0) is 32.2. The summed E-state index contributed by atoms with van der Waals surface area (Å²) in [7, 11) is 0. The van der Waals surface area contributed by atoms with Crippen molar-refractivity contribution in [1.82, 2.24) is 19.5 Å². The molecule has 1 aliphatic heterocycles. The Morgan fingerprint density at radius 3 is 2.49 bits per heavy atom. The van der Waals surface area contributed by atoms with E-state index in [0.717, 1.165) is 56.6 Å². The van der Waals surface area contributed by atoms with Crippen LogP contribution in [0.15, 0.2) is 89.5 Å². The monoisotopic (exact) mass is 795 g/mol. The minimum Gasteiger partial charge on any atom is -0.486 e. The Hall–Kier alpha value is -4.38. The van der Waals surface area contributed by atoms with Gasteiger partial charge in [0.05, 0.1) is 28.0 Å². The number of benzene rings is 3. The Balaban J connectivity index is 0.000000163. The van der Waals surface area contributed by atoms with Gasteiger partial charge in [0.25, 0.3) is 0 Å². The van der Waals surface area contributed by atoms with Gasteiger partial charge in [-0.3, -0.25) is 4.98 Å². The molecular weight excluding hydrogens is 757 g/mol. The average Bonchev–Trinajstić information content (AvgIpc) is 3.60. The molecule has 0 spiro atoms. The second-order valence-corrected chi connectivity index (χ2v) is 14.0. The fourth-order valence-electron chi connectivity index (χ4n) is 6.38. The van der Waals surface area contributed by atoms with Crippen molar-refractivity contribution in [3.8, 4) is 22.6 Å². The number of allylic oxidation sites excluding steroid dienone is 1. The van der Waals surface area contributed by atoms with Crippen molar-refractivity contribution in [1.29, 1.82) is 0 Å². The molecule has 0 saturated heterocycles. The van der Waals surface area contributed by atoms with Gasteiger partial charge in [-0.25, -0.2) is 4.98 Å². The van der Waals surface area contributed by atoms with Crippen LogP contribution in [0.25, 0.3) is 61.8 Å². The van der Waals surface area contributed by atoms with Crippen molar-refractivity contribution < 1.29 is 24.5 Å². The van der Waals surface area contributed by atoms with Gasteiger partial charge in [-0.15, -0.1) is 54.1 Å². The molecule has 5 nitrogen and oxygen atoms in total. The summed E-state index contributed by atoms with van der Waals surface area (Å²) in [4.78, 5) is 14.0. The molecule has 0 unspecified atom stereocenters. The van der Waals surface area contributed by atoms with E-state index in [9.17, 15) is 0 Å². The first-order valence-corrected chi connectivity index (χ1v) is 15.8. The van der Waals surface area contributed by atoms with E-state index >= 15 is 0 Å². The predicted molar refractivity (Wildman–Crippen MR) is 189 cm³/mol. The smallest absolute Gasteiger partial charge is 0.216 e. The molecule has 47 heavy (non-hydrogen) atoms. The van der Waals surface area contributed by atoms with Gasteiger partial charge in [-0.2, -0.15) is 0 Å². The number of fused-ring (bicyclic) bond motifs is 3. The van der Waals surface area contributed by atoms with Crippen LogP contribution in [0.3, 0.4) is 0 Å². The topological polar surface area (TPSA) is 56.7 Å². The molecule has 4 aromatic heterocycles. The van der Waals surface area contributed by atoms with Crippen LogP contribution in [0.5, 0.6) is 0 Å². The van der Waals surface area contributed by atoms with Gasteiger partial charge in [0, 0.05) is 42.9 Å². The quantitative estimate of drug-likeness (QED) is 0.167. The van der Waals surface area contributed by atoms with Gasteiger partial charge in [-0.05, 0) is 75.1 Å². The molecule has 8 rings (SSSR count). The van der Waals surface area contributed by atoms with Crippen molar-refractivity contribution >= 4 is 39.2 Å². The van der Waals surface area contributed by atoms with Gasteiger partial charge < -0.3 is 14.0 Å². The van der Waals surface area contributed by atoms with Crippen molar-refractivity contribution in [2.24, 2.45) is 5.41 Å². The van der Waals surface area contributed by atoms with Crippen molar-refractivity contribution in [3.63, 3.8) is 0 Å². The Morgan fingerprint density at radius 2 is 1.72 bits per heavy atom. The minimum atomic E-state index is -0.0887. The first-order chi connectivity index (χ1) is 22.0. The molecule has 5 heterocycles. The number of nitrogens with zero attached hydrogens (tertiary/aromatic N) is 4. The first-order valence-electron chi connectivity index (χ1n) is 15.8. The molecule has 3 aromatic carbocycles. The van der Waals surface area contributed by atoms with Crippen LogP contribution in [-0.2, 0) is 32.1 Å². The molecule has 0 amide bonds. The van der Waals surface area contributed by atoms with E-state index < -0.39 is 0 Å². The standard InChI is InChI=1S/C22H21N2O.C19H17N2.Ir/c1-14-8-9-17-16-6-5-7-18(20(16)25-21(17)24-14)19-12-15(10-11-23-19)13-22(2,3)4;1-13-9-10-16-17-15(13)11-12-19(2,3)21(17)18(20-16)14-7-5-4-6-8-14;/h5-6,8-12H,13H2,1-4H3;4-7,9-12H,1-3H3;/q2*-1;. The normalized spacial score (nSPS) is 13.4. The largest absolute Gasteiger partial charge is 0.486 e. The van der Waals surface area contributed by atoms with Crippen molar-refractivity contribution in [3.05, 3.63) is 120 Å². The van der Waals surface area contributed by atoms with Crippen LogP contribution in [-0.4, -0.2) is 19.5 Å². The van der Waals surface area contributed by atoms with Gasteiger partial charge in [0.1, 0.15) is 0 Å². The molecule has 0 aliphatic carbocycles. The number of aryl methyl sites for hydroxylation is 2. The van der Waals surface area contributed by atoms with Crippen LogP contribution >= 0.6 is 0 Å². The van der Waals surface area contributed by atoms with Crippen LogP contribution < -0.4 is 0 Å². The summed E-state index contributed by atoms with van der Waals surface area (Å²) in [6.07, 6.45) is 7.36. The zero-order valence-corrected chi connectivity index (χ0v) is 30.3. The summed E-state index contributed by atoms with van der Waals surface area (Å²) in [6.45, 7) is 15.3. The number of aromatic nitrogens is 4. The molecule has 0 fully saturated rings. The molecular formula is C41H38IrN4O-2. The predicted octanol–water partition coefficient (Wildman–Crippen LogP) is 10.3. The molecule has 0 saturated carbocycles. The summed E-state index contributed by atoms with van der Waals surface area (Å²) in [5.41, 5.74) is 11.5. The maximum absolute atomic E-state index is 6.08. The van der Waals surface area contributed by atoms with Gasteiger partial charge in [0.2, 0.25) is 5.71 Å². The molecule has 0 bridgehead atoms. The Labute approximate surface area is 290 Å². The number of rotatable bonds is 3. The van der Waals surface area contributed by atoms with Crippen molar-refractivity contribution in [2.75, 3.05) is 0 Å². The van der Waals surface area contributed by atoms with Gasteiger partial charge in [0.15, 0.2) is 0 Å². The number of hydrogen-bond acceptors (Lipinski definition) is 4. The van der Waals surface area contributed by atoms with Crippen LogP contribution in [0.2, 0.25) is 0 Å². The molecule has 7 aromatic rings. The summed E-state index contributed by atoms with van der Waals surface area (Å²) in [5, 5.41) is 2.08. The molecule has 1 radical (unpaired) electrons. The molecule has 6 heteroatoms. The van der Waals surface area contributed by atoms with E-state index in [1.54, 1.807) is 0 Å². The van der Waals surface area contributed by atoms with E-state index in [1.165, 1.54) is 22.2 Å². The first kappa shape index (κ1) is 32.6. The SMILES string of the molecule is Cc1ccc2c(n1)oc1c(-c3cc(CC(C)(C)C)ccn3)[c-]ccc12.Cc1ccc2nc(-c3[c-]cccc3)n3c2c1C=CC3(C)C.[Ir]. The fourth-order valence-corrected chi connectivity index (χ4v) is 6.38. The maximum Gasteiger partial charge on any atom is 0.216 e. The van der Waals surface area contributed by atoms with E-state index in [-0.39, 0.29) is 31.1 Å². The molecule has 0 atom stereocenters. The van der Waals surface area contributed by atoms with E-state index in [4.69, 9.17) is 9.40 Å². The Morgan fingerprint density at radius 1 is 0.894 bits per heavy atom.